The van der Waals surface area contributed by atoms with Crippen molar-refractivity contribution in [3.05, 3.63) is 57.8 Å². The Labute approximate surface area is 106 Å². The quantitative estimate of drug-likeness (QED) is 0.893. The Balaban J connectivity index is 2.21. The highest BCUT2D eigenvalue weighted by Gasteiger charge is 2.11. The highest BCUT2D eigenvalue weighted by atomic mass is 16.3. The molecule has 0 amide bonds. The van der Waals surface area contributed by atoms with Crippen LogP contribution in [0.5, 0.6) is 0 Å². The van der Waals surface area contributed by atoms with E-state index < -0.39 is 6.10 Å². The first-order valence-corrected chi connectivity index (χ1v) is 5.96. The van der Waals surface area contributed by atoms with Gasteiger partial charge in [-0.3, -0.25) is 4.57 Å². The van der Waals surface area contributed by atoms with Crippen LogP contribution in [-0.4, -0.2) is 14.2 Å². The number of benzene rings is 1. The van der Waals surface area contributed by atoms with Crippen LogP contribution in [0.25, 0.3) is 0 Å². The summed E-state index contributed by atoms with van der Waals surface area (Å²) in [6, 6.07) is 5.86. The van der Waals surface area contributed by atoms with E-state index in [1.54, 1.807) is 19.4 Å². The maximum absolute atomic E-state index is 11.7. The zero-order valence-electron chi connectivity index (χ0n) is 10.9. The summed E-state index contributed by atoms with van der Waals surface area (Å²) in [7, 11) is 1.70. The molecule has 1 N–H and O–H groups in total. The Kier molecular flexibility index (Phi) is 3.39. The monoisotopic (exact) mass is 246 g/mol. The van der Waals surface area contributed by atoms with Gasteiger partial charge in [0.1, 0.15) is 0 Å². The van der Waals surface area contributed by atoms with Gasteiger partial charge in [-0.1, -0.05) is 18.2 Å². The molecule has 0 aliphatic carbocycles. The first-order chi connectivity index (χ1) is 8.49. The molecule has 0 fully saturated rings. The van der Waals surface area contributed by atoms with E-state index in [-0.39, 0.29) is 12.2 Å². The van der Waals surface area contributed by atoms with Crippen LogP contribution in [0.4, 0.5) is 0 Å². The molecule has 0 radical (unpaired) electrons. The molecule has 0 saturated carbocycles. The minimum atomic E-state index is -0.663. The smallest absolute Gasteiger partial charge is 0.327 e. The molecule has 0 saturated heterocycles. The van der Waals surface area contributed by atoms with E-state index in [0.29, 0.717) is 0 Å². The number of nitrogens with zero attached hydrogens (tertiary/aromatic N) is 2. The standard InChI is InChI=1S/C14H18N2O2/c1-10-4-5-12(8-11(10)2)13(17)9-16-7-6-15(3)14(16)18/h4-8,13,17H,9H2,1-3H3. The molecule has 2 aromatic rings. The van der Waals surface area contributed by atoms with Crippen LogP contribution in [0.2, 0.25) is 0 Å². The molecule has 1 atom stereocenters. The maximum atomic E-state index is 11.7. The molecule has 4 nitrogen and oxygen atoms in total. The fourth-order valence-corrected chi connectivity index (χ4v) is 1.91. The second kappa shape index (κ2) is 4.82. The van der Waals surface area contributed by atoms with Crippen molar-refractivity contribution in [2.75, 3.05) is 0 Å². The highest BCUT2D eigenvalue weighted by molar-refractivity contribution is 5.31. The van der Waals surface area contributed by atoms with Crippen molar-refractivity contribution in [2.24, 2.45) is 7.05 Å². The lowest BCUT2D eigenvalue weighted by atomic mass is 10.0. The zero-order valence-corrected chi connectivity index (χ0v) is 10.9. The first kappa shape index (κ1) is 12.6. The van der Waals surface area contributed by atoms with Crippen molar-refractivity contribution in [1.29, 1.82) is 0 Å². The molecule has 0 aliphatic rings. The summed E-state index contributed by atoms with van der Waals surface area (Å²) in [5.74, 6) is 0. The number of hydrogen-bond acceptors (Lipinski definition) is 2. The minimum Gasteiger partial charge on any atom is -0.387 e. The van der Waals surface area contributed by atoms with Gasteiger partial charge in [-0.2, -0.15) is 0 Å². The van der Waals surface area contributed by atoms with Crippen molar-refractivity contribution >= 4 is 0 Å². The van der Waals surface area contributed by atoms with E-state index in [9.17, 15) is 9.90 Å². The summed E-state index contributed by atoms with van der Waals surface area (Å²) in [6.45, 7) is 4.33. The zero-order chi connectivity index (χ0) is 13.3. The lowest BCUT2D eigenvalue weighted by Gasteiger charge is -2.13. The summed E-state index contributed by atoms with van der Waals surface area (Å²) in [5, 5.41) is 10.2. The molecule has 4 heteroatoms. The van der Waals surface area contributed by atoms with Gasteiger partial charge in [0.15, 0.2) is 0 Å². The number of aromatic nitrogens is 2. The maximum Gasteiger partial charge on any atom is 0.327 e. The number of imidazole rings is 1. The molecule has 18 heavy (non-hydrogen) atoms. The van der Waals surface area contributed by atoms with Crippen molar-refractivity contribution in [1.82, 2.24) is 9.13 Å². The second-order valence-electron chi connectivity index (χ2n) is 4.70. The van der Waals surface area contributed by atoms with E-state index in [2.05, 4.69) is 0 Å². The number of rotatable bonds is 3. The van der Waals surface area contributed by atoms with Crippen LogP contribution in [0.3, 0.4) is 0 Å². The van der Waals surface area contributed by atoms with E-state index >= 15 is 0 Å². The van der Waals surface area contributed by atoms with Gasteiger partial charge in [-0.25, -0.2) is 4.79 Å². The van der Waals surface area contributed by atoms with Crippen LogP contribution in [-0.2, 0) is 13.6 Å². The summed E-state index contributed by atoms with van der Waals surface area (Å²) in [6.07, 6.45) is 2.71. The Bertz CT molecular complexity index is 610. The normalized spacial score (nSPS) is 12.7. The Morgan fingerprint density at radius 1 is 1.22 bits per heavy atom. The van der Waals surface area contributed by atoms with Gasteiger partial charge in [0.2, 0.25) is 0 Å². The van der Waals surface area contributed by atoms with Crippen LogP contribution < -0.4 is 5.69 Å². The largest absolute Gasteiger partial charge is 0.387 e. The number of aryl methyl sites for hydroxylation is 3. The van der Waals surface area contributed by atoms with Gasteiger partial charge in [0.05, 0.1) is 12.6 Å². The average Bonchev–Trinajstić information content (AvgIpc) is 2.64. The first-order valence-electron chi connectivity index (χ1n) is 5.96. The van der Waals surface area contributed by atoms with Crippen molar-refractivity contribution in [3.63, 3.8) is 0 Å². The van der Waals surface area contributed by atoms with E-state index in [4.69, 9.17) is 0 Å². The Morgan fingerprint density at radius 3 is 2.50 bits per heavy atom. The fraction of sp³-hybridized carbons (Fsp3) is 0.357. The van der Waals surface area contributed by atoms with Crippen LogP contribution >= 0.6 is 0 Å². The number of aliphatic hydroxyl groups is 1. The molecule has 1 aromatic heterocycles. The highest BCUT2D eigenvalue weighted by Crippen LogP contribution is 2.18. The fourth-order valence-electron chi connectivity index (χ4n) is 1.91. The Hall–Kier alpha value is -1.81. The Morgan fingerprint density at radius 2 is 1.94 bits per heavy atom. The van der Waals surface area contributed by atoms with Crippen molar-refractivity contribution < 1.29 is 5.11 Å². The molecule has 1 unspecified atom stereocenters. The minimum absolute atomic E-state index is 0.113. The third kappa shape index (κ3) is 2.38. The van der Waals surface area contributed by atoms with Crippen LogP contribution in [0, 0.1) is 13.8 Å². The summed E-state index contributed by atoms with van der Waals surface area (Å²) in [5.41, 5.74) is 3.07. The molecule has 1 heterocycles. The number of aliphatic hydroxyl groups excluding tert-OH is 1. The van der Waals surface area contributed by atoms with Gasteiger partial charge >= 0.3 is 5.69 Å². The SMILES string of the molecule is Cc1ccc(C(O)Cn2ccn(C)c2=O)cc1C. The molecule has 96 valence electrons. The molecule has 0 bridgehead atoms. The number of hydrogen-bond donors (Lipinski definition) is 1. The molecule has 2 rings (SSSR count). The molecule has 0 aliphatic heterocycles. The third-order valence-electron chi connectivity index (χ3n) is 3.30. The molecular weight excluding hydrogens is 228 g/mol. The van der Waals surface area contributed by atoms with Gasteiger partial charge < -0.3 is 9.67 Å². The lowest BCUT2D eigenvalue weighted by molar-refractivity contribution is 0.155. The molecule has 1 aromatic carbocycles. The van der Waals surface area contributed by atoms with Gasteiger partial charge in [-0.15, -0.1) is 0 Å². The average molecular weight is 246 g/mol. The van der Waals surface area contributed by atoms with Crippen LogP contribution in [0.1, 0.15) is 22.8 Å². The van der Waals surface area contributed by atoms with Gasteiger partial charge in [0.25, 0.3) is 0 Å². The van der Waals surface area contributed by atoms with E-state index in [0.717, 1.165) is 11.1 Å². The van der Waals surface area contributed by atoms with Crippen LogP contribution in [0.15, 0.2) is 35.4 Å². The van der Waals surface area contributed by atoms with E-state index in [1.165, 1.54) is 14.7 Å². The predicted molar refractivity (Wildman–Crippen MR) is 70.5 cm³/mol. The predicted octanol–water partition coefficient (Wildman–Crippen LogP) is 1.54. The third-order valence-corrected chi connectivity index (χ3v) is 3.30. The molecular formula is C14H18N2O2. The summed E-state index contributed by atoms with van der Waals surface area (Å²) in [4.78, 5) is 11.7. The van der Waals surface area contributed by atoms with E-state index in [1.807, 2.05) is 32.0 Å². The topological polar surface area (TPSA) is 47.2 Å². The molecule has 0 spiro atoms. The summed E-state index contributed by atoms with van der Waals surface area (Å²) < 4.78 is 3.01. The lowest BCUT2D eigenvalue weighted by Crippen LogP contribution is -2.24. The van der Waals surface area contributed by atoms with Crippen molar-refractivity contribution in [3.8, 4) is 0 Å². The van der Waals surface area contributed by atoms with Crippen molar-refractivity contribution in [2.45, 2.75) is 26.5 Å². The second-order valence-corrected chi connectivity index (χ2v) is 4.70. The van der Waals surface area contributed by atoms with Gasteiger partial charge in [0, 0.05) is 19.4 Å². The van der Waals surface area contributed by atoms with Gasteiger partial charge in [-0.05, 0) is 30.5 Å². The summed E-state index contributed by atoms with van der Waals surface area (Å²) >= 11 is 0.